The third-order valence-corrected chi connectivity index (χ3v) is 4.36. The van der Waals surface area contributed by atoms with E-state index in [2.05, 4.69) is 15.4 Å². The lowest BCUT2D eigenvalue weighted by molar-refractivity contribution is -0.118. The van der Waals surface area contributed by atoms with E-state index in [-0.39, 0.29) is 11.7 Å². The van der Waals surface area contributed by atoms with Gasteiger partial charge in [-0.2, -0.15) is 5.10 Å². The van der Waals surface area contributed by atoms with Crippen molar-refractivity contribution in [3.63, 3.8) is 0 Å². The number of hydrogen-bond donors (Lipinski definition) is 1. The first kappa shape index (κ1) is 14.8. The third-order valence-electron chi connectivity index (χ3n) is 3.47. The van der Waals surface area contributed by atoms with Crippen LogP contribution in [0.5, 0.6) is 0 Å². The molecule has 0 saturated carbocycles. The minimum absolute atomic E-state index is 0.0111. The number of para-hydroxylation sites is 1. The number of Topliss-reactive ketones (excluding diaryl/α,β-unsaturated/α-hetero) is 1. The van der Waals surface area contributed by atoms with Crippen LogP contribution in [0.2, 0.25) is 0 Å². The summed E-state index contributed by atoms with van der Waals surface area (Å²) in [5, 5.41) is 9.37. The Hall–Kier alpha value is -2.15. The molecule has 0 radical (unpaired) electrons. The minimum atomic E-state index is -0.429. The summed E-state index contributed by atoms with van der Waals surface area (Å²) in [5.74, 6) is 0.592. The molecule has 0 unspecified atom stereocenters. The van der Waals surface area contributed by atoms with Gasteiger partial charge in [-0.1, -0.05) is 30.0 Å². The summed E-state index contributed by atoms with van der Waals surface area (Å²) >= 11 is 1.52. The van der Waals surface area contributed by atoms with E-state index in [1.165, 1.54) is 18.7 Å². The zero-order valence-corrected chi connectivity index (χ0v) is 13.0. The van der Waals surface area contributed by atoms with Crippen molar-refractivity contribution in [3.05, 3.63) is 30.3 Å². The molecule has 1 aromatic rings. The summed E-state index contributed by atoms with van der Waals surface area (Å²) in [7, 11) is 0. The zero-order chi connectivity index (χ0) is 15.5. The predicted octanol–water partition coefficient (Wildman–Crippen LogP) is 1.43. The van der Waals surface area contributed by atoms with E-state index in [0.717, 1.165) is 18.0 Å². The highest BCUT2D eigenvalue weighted by Crippen LogP contribution is 2.25. The number of carbonyl (C=O) groups is 2. The number of aliphatic imine (C=N–C) groups is 1. The lowest BCUT2D eigenvalue weighted by Gasteiger charge is -2.20. The summed E-state index contributed by atoms with van der Waals surface area (Å²) in [6.45, 7) is 2.24. The standard InChI is InChI=1S/C15H16N4O2S/c1-10(20)13-9-12(14(21)17-15-16-7-8-22-15)18-19(13)11-5-3-2-4-6-11/h2-6,13H,7-9H2,1H3,(H,16,17,21)/t13-/m1/s1. The third kappa shape index (κ3) is 3.04. The van der Waals surface area contributed by atoms with E-state index in [9.17, 15) is 9.59 Å². The molecular formula is C15H16N4O2S. The highest BCUT2D eigenvalue weighted by molar-refractivity contribution is 8.14. The van der Waals surface area contributed by atoms with Gasteiger partial charge in [0.1, 0.15) is 11.8 Å². The first-order valence-electron chi connectivity index (χ1n) is 7.06. The summed E-state index contributed by atoms with van der Waals surface area (Å²) < 4.78 is 0. The largest absolute Gasteiger partial charge is 0.300 e. The van der Waals surface area contributed by atoms with E-state index in [0.29, 0.717) is 17.3 Å². The van der Waals surface area contributed by atoms with Gasteiger partial charge in [-0.3, -0.25) is 19.6 Å². The van der Waals surface area contributed by atoms with E-state index in [4.69, 9.17) is 0 Å². The van der Waals surface area contributed by atoms with Crippen LogP contribution in [0.15, 0.2) is 40.4 Å². The van der Waals surface area contributed by atoms with Gasteiger partial charge >= 0.3 is 0 Å². The molecule has 6 nitrogen and oxygen atoms in total. The van der Waals surface area contributed by atoms with Gasteiger partial charge in [0.2, 0.25) is 0 Å². The number of amidine groups is 1. The van der Waals surface area contributed by atoms with Crippen LogP contribution < -0.4 is 10.3 Å². The molecule has 1 amide bonds. The van der Waals surface area contributed by atoms with Gasteiger partial charge in [-0.25, -0.2) is 0 Å². The van der Waals surface area contributed by atoms with Crippen molar-refractivity contribution in [2.75, 3.05) is 17.3 Å². The molecule has 0 saturated heterocycles. The number of ketones is 1. The SMILES string of the molecule is CC(=O)[C@H]1CC(C(=O)NC2=NCCS2)=NN1c1ccccc1. The molecule has 0 aromatic heterocycles. The molecular weight excluding hydrogens is 300 g/mol. The van der Waals surface area contributed by atoms with Gasteiger partial charge in [-0.15, -0.1) is 0 Å². The van der Waals surface area contributed by atoms with E-state index >= 15 is 0 Å². The Morgan fingerprint density at radius 1 is 1.32 bits per heavy atom. The number of nitrogens with one attached hydrogen (secondary N) is 1. The van der Waals surface area contributed by atoms with Crippen molar-refractivity contribution in [1.29, 1.82) is 0 Å². The quantitative estimate of drug-likeness (QED) is 0.915. The lowest BCUT2D eigenvalue weighted by atomic mass is 10.1. The van der Waals surface area contributed by atoms with Crippen LogP contribution in [0.1, 0.15) is 13.3 Å². The van der Waals surface area contributed by atoms with Gasteiger partial charge < -0.3 is 5.32 Å². The molecule has 0 spiro atoms. The average Bonchev–Trinajstić information content (AvgIpc) is 3.17. The van der Waals surface area contributed by atoms with E-state index in [1.54, 1.807) is 5.01 Å². The lowest BCUT2D eigenvalue weighted by Crippen LogP contribution is -2.35. The van der Waals surface area contributed by atoms with Crippen LogP contribution in [-0.4, -0.2) is 40.9 Å². The second kappa shape index (κ2) is 6.31. The molecule has 1 N–H and O–H groups in total. The van der Waals surface area contributed by atoms with Crippen molar-refractivity contribution in [2.24, 2.45) is 10.1 Å². The Morgan fingerprint density at radius 3 is 2.73 bits per heavy atom. The smallest absolute Gasteiger partial charge is 0.273 e. The maximum absolute atomic E-state index is 12.3. The Balaban J connectivity index is 1.80. The number of carbonyl (C=O) groups excluding carboxylic acids is 2. The maximum atomic E-state index is 12.3. The average molecular weight is 316 g/mol. The van der Waals surface area contributed by atoms with Crippen molar-refractivity contribution >= 4 is 40.0 Å². The molecule has 7 heteroatoms. The topological polar surface area (TPSA) is 74.1 Å². The van der Waals surface area contributed by atoms with Crippen molar-refractivity contribution in [2.45, 2.75) is 19.4 Å². The number of nitrogens with zero attached hydrogens (tertiary/aromatic N) is 3. The molecule has 2 aliphatic rings. The van der Waals surface area contributed by atoms with Crippen molar-refractivity contribution in [1.82, 2.24) is 5.32 Å². The molecule has 2 heterocycles. The van der Waals surface area contributed by atoms with Crippen LogP contribution in [0.4, 0.5) is 5.69 Å². The Labute approximate surface area is 132 Å². The predicted molar refractivity (Wildman–Crippen MR) is 88.3 cm³/mol. The van der Waals surface area contributed by atoms with Crippen LogP contribution >= 0.6 is 11.8 Å². The van der Waals surface area contributed by atoms with Gasteiger partial charge in [0, 0.05) is 12.2 Å². The van der Waals surface area contributed by atoms with Crippen molar-refractivity contribution in [3.8, 4) is 0 Å². The van der Waals surface area contributed by atoms with Gasteiger partial charge in [0.25, 0.3) is 5.91 Å². The first-order chi connectivity index (χ1) is 10.6. The minimum Gasteiger partial charge on any atom is -0.300 e. The molecule has 1 aromatic carbocycles. The fourth-order valence-electron chi connectivity index (χ4n) is 2.36. The molecule has 2 aliphatic heterocycles. The fourth-order valence-corrected chi connectivity index (χ4v) is 3.09. The van der Waals surface area contributed by atoms with Crippen LogP contribution in [-0.2, 0) is 9.59 Å². The molecule has 0 bridgehead atoms. The van der Waals surface area contributed by atoms with Crippen LogP contribution in [0, 0.1) is 0 Å². The number of hydrogen-bond acceptors (Lipinski definition) is 6. The normalized spacial score (nSPS) is 20.6. The second-order valence-corrected chi connectivity index (χ2v) is 6.13. The summed E-state index contributed by atoms with van der Waals surface area (Å²) in [4.78, 5) is 28.3. The number of hydrazone groups is 1. The number of benzene rings is 1. The number of amides is 1. The Kier molecular flexibility index (Phi) is 4.24. The monoisotopic (exact) mass is 316 g/mol. The molecule has 1 atom stereocenters. The zero-order valence-electron chi connectivity index (χ0n) is 12.2. The maximum Gasteiger partial charge on any atom is 0.273 e. The number of thioether (sulfide) groups is 1. The van der Waals surface area contributed by atoms with E-state index < -0.39 is 6.04 Å². The summed E-state index contributed by atoms with van der Waals surface area (Å²) in [6, 6.07) is 8.97. The van der Waals surface area contributed by atoms with E-state index in [1.807, 2.05) is 30.3 Å². The molecule has 22 heavy (non-hydrogen) atoms. The van der Waals surface area contributed by atoms with Crippen LogP contribution in [0.3, 0.4) is 0 Å². The van der Waals surface area contributed by atoms with Crippen molar-refractivity contribution < 1.29 is 9.59 Å². The number of rotatable bonds is 3. The molecule has 0 aliphatic carbocycles. The summed E-state index contributed by atoms with van der Waals surface area (Å²) in [5.41, 5.74) is 1.16. The Morgan fingerprint density at radius 2 is 2.09 bits per heavy atom. The van der Waals surface area contributed by atoms with Gasteiger partial charge in [0.15, 0.2) is 11.0 Å². The highest BCUT2D eigenvalue weighted by Gasteiger charge is 2.34. The van der Waals surface area contributed by atoms with Gasteiger partial charge in [0.05, 0.1) is 12.2 Å². The molecule has 114 valence electrons. The first-order valence-corrected chi connectivity index (χ1v) is 8.04. The number of anilines is 1. The fraction of sp³-hybridized carbons (Fsp3) is 0.333. The van der Waals surface area contributed by atoms with Crippen LogP contribution in [0.25, 0.3) is 0 Å². The molecule has 3 rings (SSSR count). The highest BCUT2D eigenvalue weighted by atomic mass is 32.2. The summed E-state index contributed by atoms with van der Waals surface area (Å²) in [6.07, 6.45) is 0.313. The second-order valence-electron chi connectivity index (χ2n) is 5.05. The van der Waals surface area contributed by atoms with Gasteiger partial charge in [-0.05, 0) is 19.1 Å². The molecule has 0 fully saturated rings. The Bertz CT molecular complexity index is 657.